The van der Waals surface area contributed by atoms with Crippen molar-refractivity contribution in [3.63, 3.8) is 0 Å². The Morgan fingerprint density at radius 2 is 1.60 bits per heavy atom. The molecule has 0 radical (unpaired) electrons. The van der Waals surface area contributed by atoms with E-state index in [-0.39, 0.29) is 18.3 Å². The van der Waals surface area contributed by atoms with E-state index in [9.17, 15) is 0 Å². The third-order valence-corrected chi connectivity index (χ3v) is 5.91. The summed E-state index contributed by atoms with van der Waals surface area (Å²) in [6.45, 7) is 8.34. The molecule has 0 amide bonds. The first-order chi connectivity index (χ1) is 11.9. The molecule has 25 heavy (non-hydrogen) atoms. The van der Waals surface area contributed by atoms with Crippen LogP contribution < -0.4 is 5.46 Å². The molecule has 0 spiro atoms. The minimum atomic E-state index is -0.342. The van der Waals surface area contributed by atoms with E-state index in [2.05, 4.69) is 75.1 Å². The number of rotatable bonds is 1. The van der Waals surface area contributed by atoms with Gasteiger partial charge in [0.05, 0.1) is 16.9 Å². The average Bonchev–Trinajstić information content (AvgIpc) is 3.01. The third kappa shape index (κ3) is 1.98. The van der Waals surface area contributed by atoms with Crippen molar-refractivity contribution in [3.8, 4) is 22.4 Å². The Morgan fingerprint density at radius 3 is 2.36 bits per heavy atom. The van der Waals surface area contributed by atoms with E-state index in [1.54, 1.807) is 0 Å². The standard InChI is InChI=1S/C21H20BNO2/c1-20(2)21(3,4)25-22(24-20)14-8-9-16-17(12-14)15-7-5-6-13-10-11-23-19(16)18(13)15/h5-12H,1-4H3. The molecule has 0 bridgehead atoms. The van der Waals surface area contributed by atoms with Gasteiger partial charge in [0, 0.05) is 17.1 Å². The average molecular weight is 329 g/mol. The predicted molar refractivity (Wildman–Crippen MR) is 102 cm³/mol. The molecule has 3 nitrogen and oxygen atoms in total. The Hall–Kier alpha value is -2.17. The fourth-order valence-corrected chi connectivity index (χ4v) is 3.78. The van der Waals surface area contributed by atoms with Crippen LogP contribution in [0.5, 0.6) is 0 Å². The summed E-state index contributed by atoms with van der Waals surface area (Å²) in [6.07, 6.45) is 1.89. The Morgan fingerprint density at radius 1 is 0.840 bits per heavy atom. The Bertz CT molecular complexity index is 1000. The molecule has 2 aromatic carbocycles. The molecule has 1 aromatic heterocycles. The van der Waals surface area contributed by atoms with Gasteiger partial charge in [0.1, 0.15) is 0 Å². The number of benzene rings is 2. The molecule has 0 N–H and O–H groups in total. The number of pyridine rings is 1. The number of aromatic nitrogens is 1. The lowest BCUT2D eigenvalue weighted by Gasteiger charge is -2.32. The Kier molecular flexibility index (Phi) is 2.85. The van der Waals surface area contributed by atoms with Crippen LogP contribution in [-0.2, 0) is 9.31 Å². The normalized spacial score (nSPS) is 19.4. The summed E-state index contributed by atoms with van der Waals surface area (Å²) in [4.78, 5) is 4.63. The lowest BCUT2D eigenvalue weighted by Crippen LogP contribution is -2.41. The highest BCUT2D eigenvalue weighted by Crippen LogP contribution is 2.45. The summed E-state index contributed by atoms with van der Waals surface area (Å²) in [7, 11) is -0.342. The van der Waals surface area contributed by atoms with Gasteiger partial charge in [-0.2, -0.15) is 0 Å². The van der Waals surface area contributed by atoms with Crippen LogP contribution in [-0.4, -0.2) is 23.3 Å². The maximum absolute atomic E-state index is 6.22. The quantitative estimate of drug-likeness (QED) is 0.491. The SMILES string of the molecule is CC1(C)OB(c2ccc3c(c2)-c2cccc4ccnc-3c24)OC1(C)C. The third-order valence-electron chi connectivity index (χ3n) is 5.91. The molecular formula is C21H20BNO2. The van der Waals surface area contributed by atoms with Crippen molar-refractivity contribution in [1.29, 1.82) is 0 Å². The topological polar surface area (TPSA) is 31.4 Å². The van der Waals surface area contributed by atoms with E-state index in [0.717, 1.165) is 11.2 Å². The second-order valence-corrected chi connectivity index (χ2v) is 7.96. The fraction of sp³-hybridized carbons (Fsp3) is 0.286. The molecule has 0 atom stereocenters. The van der Waals surface area contributed by atoms with E-state index in [1.165, 1.54) is 27.5 Å². The number of fused-ring (bicyclic) bond motifs is 3. The molecular weight excluding hydrogens is 309 g/mol. The highest BCUT2D eigenvalue weighted by Gasteiger charge is 2.51. The number of nitrogens with zero attached hydrogens (tertiary/aromatic N) is 1. The second kappa shape index (κ2) is 4.72. The molecule has 4 heteroatoms. The molecule has 1 saturated heterocycles. The van der Waals surface area contributed by atoms with Crippen molar-refractivity contribution in [1.82, 2.24) is 4.98 Å². The van der Waals surface area contributed by atoms with Crippen LogP contribution in [0.2, 0.25) is 0 Å². The van der Waals surface area contributed by atoms with Gasteiger partial charge in [-0.05, 0) is 55.7 Å². The van der Waals surface area contributed by atoms with Crippen LogP contribution in [0.4, 0.5) is 0 Å². The van der Waals surface area contributed by atoms with Crippen molar-refractivity contribution in [2.45, 2.75) is 38.9 Å². The van der Waals surface area contributed by atoms with Gasteiger partial charge in [0.25, 0.3) is 0 Å². The molecule has 0 saturated carbocycles. The van der Waals surface area contributed by atoms with Gasteiger partial charge in [-0.25, -0.2) is 0 Å². The molecule has 0 unspecified atom stereocenters. The maximum atomic E-state index is 6.22. The summed E-state index contributed by atoms with van der Waals surface area (Å²) in [6, 6.07) is 15.0. The van der Waals surface area contributed by atoms with E-state index in [4.69, 9.17) is 9.31 Å². The summed E-state index contributed by atoms with van der Waals surface area (Å²) in [5, 5.41) is 2.47. The smallest absolute Gasteiger partial charge is 0.399 e. The predicted octanol–water partition coefficient (Wildman–Crippen LogP) is 4.18. The van der Waals surface area contributed by atoms with Crippen LogP contribution in [0.25, 0.3) is 33.2 Å². The molecule has 2 heterocycles. The zero-order valence-electron chi connectivity index (χ0n) is 15.0. The zero-order chi connectivity index (χ0) is 17.4. The fourth-order valence-electron chi connectivity index (χ4n) is 3.78. The van der Waals surface area contributed by atoms with Gasteiger partial charge in [-0.15, -0.1) is 0 Å². The van der Waals surface area contributed by atoms with E-state index >= 15 is 0 Å². The van der Waals surface area contributed by atoms with Crippen LogP contribution in [0.1, 0.15) is 27.7 Å². The van der Waals surface area contributed by atoms with Gasteiger partial charge in [0.2, 0.25) is 0 Å². The summed E-state index contributed by atoms with van der Waals surface area (Å²) >= 11 is 0. The first-order valence-corrected chi connectivity index (χ1v) is 8.75. The maximum Gasteiger partial charge on any atom is 0.494 e. The molecule has 1 fully saturated rings. The van der Waals surface area contributed by atoms with Crippen LogP contribution in [0, 0.1) is 0 Å². The van der Waals surface area contributed by atoms with Gasteiger partial charge in [0.15, 0.2) is 0 Å². The number of hydrogen-bond donors (Lipinski definition) is 0. The highest BCUT2D eigenvalue weighted by atomic mass is 16.7. The van der Waals surface area contributed by atoms with Crippen molar-refractivity contribution < 1.29 is 9.31 Å². The van der Waals surface area contributed by atoms with Crippen LogP contribution >= 0.6 is 0 Å². The highest BCUT2D eigenvalue weighted by molar-refractivity contribution is 6.62. The zero-order valence-corrected chi connectivity index (χ0v) is 15.0. The van der Waals surface area contributed by atoms with Gasteiger partial charge < -0.3 is 9.31 Å². The molecule has 3 aromatic rings. The molecule has 5 rings (SSSR count). The van der Waals surface area contributed by atoms with E-state index in [1.807, 2.05) is 6.20 Å². The second-order valence-electron chi connectivity index (χ2n) is 7.96. The minimum Gasteiger partial charge on any atom is -0.399 e. The Balaban J connectivity index is 1.65. The summed E-state index contributed by atoms with van der Waals surface area (Å²) in [5.74, 6) is 0. The van der Waals surface area contributed by atoms with Gasteiger partial charge in [-0.1, -0.05) is 36.4 Å². The van der Waals surface area contributed by atoms with Crippen molar-refractivity contribution in [2.24, 2.45) is 0 Å². The van der Waals surface area contributed by atoms with Crippen LogP contribution in [0.15, 0.2) is 48.7 Å². The summed E-state index contributed by atoms with van der Waals surface area (Å²) < 4.78 is 12.4. The largest absolute Gasteiger partial charge is 0.494 e. The van der Waals surface area contributed by atoms with Crippen molar-refractivity contribution in [3.05, 3.63) is 48.7 Å². The van der Waals surface area contributed by atoms with Gasteiger partial charge in [-0.3, -0.25) is 4.98 Å². The van der Waals surface area contributed by atoms with Crippen molar-refractivity contribution in [2.75, 3.05) is 0 Å². The minimum absolute atomic E-state index is 0.332. The molecule has 124 valence electrons. The lowest BCUT2D eigenvalue weighted by atomic mass is 9.77. The van der Waals surface area contributed by atoms with Crippen LogP contribution in [0.3, 0.4) is 0 Å². The Labute approximate surface area is 148 Å². The summed E-state index contributed by atoms with van der Waals surface area (Å²) in [5.41, 5.74) is 5.11. The lowest BCUT2D eigenvalue weighted by molar-refractivity contribution is 0.00578. The molecule has 1 aliphatic heterocycles. The van der Waals surface area contributed by atoms with Gasteiger partial charge >= 0.3 is 7.12 Å². The van der Waals surface area contributed by atoms with Crippen molar-refractivity contribution >= 4 is 23.4 Å². The monoisotopic (exact) mass is 329 g/mol. The molecule has 2 aliphatic rings. The number of hydrogen-bond acceptors (Lipinski definition) is 3. The first-order valence-electron chi connectivity index (χ1n) is 8.75. The van der Waals surface area contributed by atoms with E-state index in [0.29, 0.717) is 0 Å². The van der Waals surface area contributed by atoms with E-state index < -0.39 is 0 Å². The molecule has 1 aliphatic carbocycles. The first kappa shape index (κ1) is 15.1.